The Bertz CT molecular complexity index is 2980. The number of amides is 6. The first-order valence-electron chi connectivity index (χ1n) is 29.0. The van der Waals surface area contributed by atoms with Crippen molar-refractivity contribution in [3.63, 3.8) is 0 Å². The van der Waals surface area contributed by atoms with Crippen LogP contribution in [0.5, 0.6) is 5.75 Å². The number of nitrogens with one attached hydrogen (secondary N) is 7. The molecule has 8 rings (SSSR count). The maximum absolute atomic E-state index is 16.4. The molecular weight excluding hydrogens is 1240 g/mol. The summed E-state index contributed by atoms with van der Waals surface area (Å²) in [5.74, 6) is -11.4. The topological polar surface area (TPSA) is 596 Å². The molecular formula is C54H77FN12O25. The lowest BCUT2D eigenvalue weighted by molar-refractivity contribution is -0.352. The maximum Gasteiger partial charge on any atom is 0.246 e. The minimum Gasteiger partial charge on any atom is -0.459 e. The Labute approximate surface area is 521 Å². The number of rotatable bonds is 17. The smallest absolute Gasteiger partial charge is 0.246 e. The molecule has 0 saturated carbocycles. The zero-order chi connectivity index (χ0) is 67.2. The lowest BCUT2D eigenvalue weighted by atomic mass is 9.92. The Morgan fingerprint density at radius 3 is 1.83 bits per heavy atom. The van der Waals surface area contributed by atoms with Gasteiger partial charge in [0.2, 0.25) is 41.7 Å². The van der Waals surface area contributed by atoms with E-state index < -0.39 is 251 Å². The normalized spacial score (nSPS) is 37.3. The summed E-state index contributed by atoms with van der Waals surface area (Å²) in [6.45, 7) is -4.30. The highest BCUT2D eigenvalue weighted by Crippen LogP contribution is 2.33. The van der Waals surface area contributed by atoms with E-state index in [9.17, 15) is 90.7 Å². The molecule has 25 atom stereocenters. The van der Waals surface area contributed by atoms with E-state index in [1.807, 2.05) is 0 Å². The third-order valence-electron chi connectivity index (χ3n) is 16.6. The van der Waals surface area contributed by atoms with Gasteiger partial charge in [0.05, 0.1) is 58.1 Å². The van der Waals surface area contributed by atoms with E-state index in [1.54, 1.807) is 30.3 Å². The van der Waals surface area contributed by atoms with Gasteiger partial charge in [0, 0.05) is 12.3 Å². The van der Waals surface area contributed by atoms with Crippen LogP contribution in [0.3, 0.4) is 0 Å². The molecule has 6 amide bonds. The minimum atomic E-state index is -2.39. The SMILES string of the molecule is CC(c1ccccc1)[C@@H]1NC(=O)CNC(=O)[C@H](CO)NC(=O)[C@@H](C(O)C2CN=C(N)N2[C@H]2O[C@H](CO)[C@@H](O)[C@H](O)[C@@H]2O)NC(=O)[C@H](C(O)C2CN=C(N)N2)NC(=O)[C@@H](Cc2ccc(O[C@H]3O[C@H](CO)[C@@H](O[C@H]4O[C@H](CO)[C@@H](O)[C@H](O)[C@@H]4O)[C@H](O)[C@@H]3O)c(F)c2)NC1=O. The molecule has 0 aliphatic carbocycles. The van der Waals surface area contributed by atoms with Gasteiger partial charge in [0.1, 0.15) is 116 Å². The molecule has 6 aliphatic heterocycles. The number of ether oxygens (including phenoxy) is 5. The van der Waals surface area contributed by atoms with Crippen molar-refractivity contribution in [2.24, 2.45) is 21.5 Å². The van der Waals surface area contributed by atoms with E-state index in [0.29, 0.717) is 5.56 Å². The number of benzene rings is 2. The van der Waals surface area contributed by atoms with Crippen LogP contribution in [0.2, 0.25) is 0 Å². The van der Waals surface area contributed by atoms with Gasteiger partial charge >= 0.3 is 0 Å². The average molecular weight is 1310 g/mol. The van der Waals surface area contributed by atoms with E-state index in [1.165, 1.54) is 6.92 Å². The number of halogens is 1. The van der Waals surface area contributed by atoms with Gasteiger partial charge in [0.25, 0.3) is 0 Å². The first kappa shape index (κ1) is 70.7. The fraction of sp³-hybridized carbons (Fsp3) is 0.630. The van der Waals surface area contributed by atoms with Gasteiger partial charge in [-0.05, 0) is 23.3 Å². The summed E-state index contributed by atoms with van der Waals surface area (Å²) in [7, 11) is 0. The molecule has 25 N–H and O–H groups in total. The first-order valence-corrected chi connectivity index (χ1v) is 29.0. The summed E-state index contributed by atoms with van der Waals surface area (Å²) in [5, 5.41) is 167. The molecule has 6 heterocycles. The second-order valence-corrected chi connectivity index (χ2v) is 22.7. The quantitative estimate of drug-likeness (QED) is 0.0699. The van der Waals surface area contributed by atoms with Crippen molar-refractivity contribution in [1.82, 2.24) is 42.1 Å². The zero-order valence-electron chi connectivity index (χ0n) is 48.8. The second-order valence-electron chi connectivity index (χ2n) is 22.7. The van der Waals surface area contributed by atoms with E-state index in [-0.39, 0.29) is 18.1 Å². The molecule has 0 radical (unpaired) electrons. The predicted octanol–water partition coefficient (Wildman–Crippen LogP) is -13.5. The van der Waals surface area contributed by atoms with Gasteiger partial charge in [-0.2, -0.15) is 0 Å². The molecule has 37 nitrogen and oxygen atoms in total. The summed E-state index contributed by atoms with van der Waals surface area (Å²) in [5.41, 5.74) is 12.4. The van der Waals surface area contributed by atoms with Crippen molar-refractivity contribution >= 4 is 47.4 Å². The van der Waals surface area contributed by atoms with Crippen LogP contribution >= 0.6 is 0 Å². The molecule has 5 unspecified atom stereocenters. The number of aliphatic hydroxyl groups is 14. The van der Waals surface area contributed by atoms with E-state index >= 15 is 14.0 Å². The minimum absolute atomic E-state index is 0.149. The van der Waals surface area contributed by atoms with Gasteiger partial charge < -0.3 is 149 Å². The number of carbonyl (C=O) groups is 6. The molecule has 38 heteroatoms. The Kier molecular flexibility index (Phi) is 23.6. The van der Waals surface area contributed by atoms with Crippen LogP contribution in [0, 0.1) is 5.82 Å². The van der Waals surface area contributed by atoms with Crippen LogP contribution in [0.15, 0.2) is 58.5 Å². The van der Waals surface area contributed by atoms with Gasteiger partial charge in [-0.1, -0.05) is 43.3 Å². The number of hydrogen-bond acceptors (Lipinski definition) is 31. The summed E-state index contributed by atoms with van der Waals surface area (Å²) in [6.07, 6.45) is -33.1. The van der Waals surface area contributed by atoms with Crippen LogP contribution in [-0.2, 0) is 54.1 Å². The molecule has 0 bridgehead atoms. The van der Waals surface area contributed by atoms with E-state index in [4.69, 9.17) is 35.2 Å². The molecule has 2 aromatic carbocycles. The summed E-state index contributed by atoms with van der Waals surface area (Å²) < 4.78 is 44.3. The third-order valence-corrected chi connectivity index (χ3v) is 16.6. The van der Waals surface area contributed by atoms with E-state index in [2.05, 4.69) is 47.2 Å². The molecule has 4 saturated heterocycles. The van der Waals surface area contributed by atoms with Gasteiger partial charge in [0.15, 0.2) is 36.0 Å². The molecule has 6 aliphatic rings. The summed E-state index contributed by atoms with van der Waals surface area (Å²) in [6, 6.07) is -2.29. The van der Waals surface area contributed by atoms with E-state index in [0.717, 1.165) is 23.1 Å². The number of aliphatic imine (C=N–C) groups is 2. The molecule has 0 spiro atoms. The highest BCUT2D eigenvalue weighted by Gasteiger charge is 2.54. The highest BCUT2D eigenvalue weighted by molar-refractivity contribution is 5.98. The largest absolute Gasteiger partial charge is 0.459 e. The fourth-order valence-corrected chi connectivity index (χ4v) is 11.3. The van der Waals surface area contributed by atoms with Crippen molar-refractivity contribution in [2.75, 3.05) is 46.1 Å². The standard InChI is InChI=1S/C54H77FN12O25/c1-18(20-5-3-2-4-6-20)31-47(85)61-22(10-19-7-8-26(21(55)9-19)89-51-43(82)40(79)44(29(17-71)91-51)92-52-42(81)39(78)37(76)28(16-70)90-52)46(84)65-32(34(73)23-11-59-53(56)63-23)49(87)66-33(48(86)62-24(14-68)45(83)58-13-30(72)64-31)35(74)25-12-60-54(57)67(25)50-41(80)38(77)36(75)27(15-69)88-50/h2-9,18,22-25,27-29,31-44,50-52,68-71,73-82H,10-17H2,1H3,(H2,57,60)(H,58,83)(H,61,85)(H,62,86)(H,64,72)(H,65,84)(H,66,87)(H3,56,59,63)/t18?,22-,23?,24+,25?,27-,28-,29-,31+,32+,33-,34?,35?,36-,37-,38+,39+,40-,41+,42+,43+,44-,50+,51+,52-/m1/s1. The first-order chi connectivity index (χ1) is 43.7. The Balaban J connectivity index is 1.12. The van der Waals surface area contributed by atoms with Crippen LogP contribution in [0.25, 0.3) is 0 Å². The molecule has 2 aromatic rings. The van der Waals surface area contributed by atoms with Crippen LogP contribution in [-0.4, -0.2) is 316 Å². The number of nitrogens with zero attached hydrogens (tertiary/aromatic N) is 3. The highest BCUT2D eigenvalue weighted by atomic mass is 19.1. The maximum atomic E-state index is 16.4. The zero-order valence-corrected chi connectivity index (χ0v) is 48.8. The lowest BCUT2D eigenvalue weighted by Gasteiger charge is -2.46. The Morgan fingerprint density at radius 1 is 0.609 bits per heavy atom. The Hall–Kier alpha value is -7.19. The third kappa shape index (κ3) is 15.5. The average Bonchev–Trinajstić information content (AvgIpc) is 1.43. The van der Waals surface area contributed by atoms with Crippen LogP contribution in [0.1, 0.15) is 24.0 Å². The van der Waals surface area contributed by atoms with Crippen molar-refractivity contribution in [1.29, 1.82) is 0 Å². The summed E-state index contributed by atoms with van der Waals surface area (Å²) in [4.78, 5) is 95.9. The van der Waals surface area contributed by atoms with Gasteiger partial charge in [-0.15, -0.1) is 0 Å². The van der Waals surface area contributed by atoms with Gasteiger partial charge in [-0.3, -0.25) is 38.8 Å². The number of carbonyl (C=O) groups excluding carboxylic acids is 6. The number of nitrogens with two attached hydrogens (primary N) is 2. The predicted molar refractivity (Wildman–Crippen MR) is 303 cm³/mol. The summed E-state index contributed by atoms with van der Waals surface area (Å²) >= 11 is 0. The second kappa shape index (κ2) is 30.7. The number of aliphatic hydroxyl groups excluding tert-OH is 14. The number of hydrogen-bond donors (Lipinski definition) is 23. The fourth-order valence-electron chi connectivity index (χ4n) is 11.3. The van der Waals surface area contributed by atoms with Crippen molar-refractivity contribution in [3.05, 3.63) is 65.5 Å². The number of guanidine groups is 2. The van der Waals surface area contributed by atoms with Gasteiger partial charge in [-0.25, -0.2) is 4.39 Å². The molecule has 4 fully saturated rings. The van der Waals surface area contributed by atoms with Crippen LogP contribution in [0.4, 0.5) is 4.39 Å². The molecule has 510 valence electrons. The van der Waals surface area contributed by atoms with Crippen molar-refractivity contribution in [2.45, 2.75) is 166 Å². The van der Waals surface area contributed by atoms with Crippen molar-refractivity contribution < 1.29 is 128 Å². The molecule has 92 heavy (non-hydrogen) atoms. The monoisotopic (exact) mass is 1310 g/mol. The molecule has 0 aromatic heterocycles. The lowest BCUT2D eigenvalue weighted by Crippen LogP contribution is -2.70. The van der Waals surface area contributed by atoms with Crippen LogP contribution < -0.4 is 53.4 Å². The Morgan fingerprint density at radius 2 is 1.20 bits per heavy atom. The van der Waals surface area contributed by atoms with Crippen molar-refractivity contribution in [3.8, 4) is 5.75 Å².